The molecule has 0 bridgehead atoms. The molecule has 0 aromatic rings. The van der Waals surface area contributed by atoms with Gasteiger partial charge < -0.3 is 14.2 Å². The summed E-state index contributed by atoms with van der Waals surface area (Å²) in [4.78, 5) is 38.5. The van der Waals surface area contributed by atoms with E-state index in [0.717, 1.165) is 57.8 Å². The molecule has 0 saturated heterocycles. The predicted molar refractivity (Wildman–Crippen MR) is 353 cm³/mol. The van der Waals surface area contributed by atoms with Crippen molar-refractivity contribution >= 4 is 17.9 Å². The van der Waals surface area contributed by atoms with Crippen molar-refractivity contribution in [3.05, 3.63) is 12.2 Å². The maximum absolute atomic E-state index is 13.0. The number of hydrogen-bond donors (Lipinski definition) is 0. The van der Waals surface area contributed by atoms with Gasteiger partial charge >= 0.3 is 17.9 Å². The first-order valence-corrected chi connectivity index (χ1v) is 37.2. The van der Waals surface area contributed by atoms with Crippen LogP contribution in [0.4, 0.5) is 0 Å². The average molecular weight is 1140 g/mol. The van der Waals surface area contributed by atoms with E-state index in [-0.39, 0.29) is 31.1 Å². The van der Waals surface area contributed by atoms with E-state index in [1.165, 1.54) is 334 Å². The van der Waals surface area contributed by atoms with Gasteiger partial charge in [-0.25, -0.2) is 0 Å². The van der Waals surface area contributed by atoms with Crippen LogP contribution in [0.1, 0.15) is 432 Å². The van der Waals surface area contributed by atoms with E-state index in [1.807, 2.05) is 0 Å². The molecule has 1 atom stereocenters. The summed E-state index contributed by atoms with van der Waals surface area (Å²) in [7, 11) is 0. The summed E-state index contributed by atoms with van der Waals surface area (Å²) in [6, 6.07) is 0. The van der Waals surface area contributed by atoms with Gasteiger partial charge in [-0.05, 0) is 44.9 Å². The lowest BCUT2D eigenvalue weighted by Gasteiger charge is -2.18. The molecule has 0 radical (unpaired) electrons. The maximum atomic E-state index is 13.0. The van der Waals surface area contributed by atoms with Crippen LogP contribution in [0.3, 0.4) is 0 Å². The van der Waals surface area contributed by atoms with Crippen LogP contribution in [-0.2, 0) is 28.6 Å². The van der Waals surface area contributed by atoms with E-state index in [0.29, 0.717) is 19.3 Å². The molecular weight excluding hydrogens is 997 g/mol. The Balaban J connectivity index is 4.18. The molecule has 1 unspecified atom stereocenters. The van der Waals surface area contributed by atoms with Gasteiger partial charge in [0.2, 0.25) is 0 Å². The highest BCUT2D eigenvalue weighted by Crippen LogP contribution is 2.19. The quantitative estimate of drug-likeness (QED) is 0.0261. The van der Waals surface area contributed by atoms with Gasteiger partial charge in [0.05, 0.1) is 0 Å². The third-order valence-electron chi connectivity index (χ3n) is 17.3. The average Bonchev–Trinajstić information content (AvgIpc) is 3.47. The smallest absolute Gasteiger partial charge is 0.306 e. The third-order valence-corrected chi connectivity index (χ3v) is 17.3. The van der Waals surface area contributed by atoms with Gasteiger partial charge in [0, 0.05) is 19.3 Å². The molecule has 0 spiro atoms. The van der Waals surface area contributed by atoms with Crippen molar-refractivity contribution in [2.24, 2.45) is 0 Å². The largest absolute Gasteiger partial charge is 0.462 e. The molecule has 0 aliphatic carbocycles. The lowest BCUT2D eigenvalue weighted by atomic mass is 10.0. The number of esters is 3. The van der Waals surface area contributed by atoms with E-state index >= 15 is 0 Å². The van der Waals surface area contributed by atoms with Crippen LogP contribution < -0.4 is 0 Å². The van der Waals surface area contributed by atoms with Crippen LogP contribution in [0.5, 0.6) is 0 Å². The van der Waals surface area contributed by atoms with E-state index in [1.54, 1.807) is 0 Å². The molecule has 6 heteroatoms. The number of carbonyl (C=O) groups is 3. The zero-order valence-corrected chi connectivity index (χ0v) is 55.4. The number of rotatable bonds is 70. The summed E-state index contributed by atoms with van der Waals surface area (Å²) in [5.41, 5.74) is 0. The van der Waals surface area contributed by atoms with E-state index in [2.05, 4.69) is 32.9 Å². The van der Waals surface area contributed by atoms with Gasteiger partial charge in [-0.2, -0.15) is 0 Å². The molecule has 480 valence electrons. The van der Waals surface area contributed by atoms with Gasteiger partial charge in [-0.3, -0.25) is 14.4 Å². The Bertz CT molecular complexity index is 1260. The fourth-order valence-electron chi connectivity index (χ4n) is 11.7. The first-order valence-electron chi connectivity index (χ1n) is 37.2. The Kier molecular flexibility index (Phi) is 69.0. The van der Waals surface area contributed by atoms with Crippen LogP contribution in [0.15, 0.2) is 12.2 Å². The summed E-state index contributed by atoms with van der Waals surface area (Å²) < 4.78 is 17.0. The van der Waals surface area contributed by atoms with Crippen LogP contribution in [0.25, 0.3) is 0 Å². The molecule has 0 fully saturated rings. The molecule has 0 amide bonds. The second-order valence-corrected chi connectivity index (χ2v) is 25.6. The van der Waals surface area contributed by atoms with Crippen molar-refractivity contribution in [2.45, 2.75) is 438 Å². The van der Waals surface area contributed by atoms with E-state index in [4.69, 9.17) is 14.2 Å². The zero-order valence-electron chi connectivity index (χ0n) is 55.4. The number of unbranched alkanes of at least 4 members (excludes halogenated alkanes) is 57. The van der Waals surface area contributed by atoms with Crippen molar-refractivity contribution in [3.8, 4) is 0 Å². The minimum Gasteiger partial charge on any atom is -0.462 e. The number of ether oxygens (including phenoxy) is 3. The Morgan fingerprint density at radius 3 is 0.617 bits per heavy atom. The SMILES string of the molecule is CCCCCCCCCC/C=C\CCCCCCCCCCCCCCCCCCCC(=O)OCC(COC(=O)CCCCCCCCCCCCCCCCCCC)OC(=O)CCCCCCCCCCCCCCCCCCC. The highest BCUT2D eigenvalue weighted by Gasteiger charge is 2.20. The summed E-state index contributed by atoms with van der Waals surface area (Å²) in [6.45, 7) is 6.74. The van der Waals surface area contributed by atoms with Crippen molar-refractivity contribution < 1.29 is 28.6 Å². The van der Waals surface area contributed by atoms with E-state index in [9.17, 15) is 14.4 Å². The lowest BCUT2D eigenvalue weighted by Crippen LogP contribution is -2.30. The Labute approximate surface area is 507 Å². The third kappa shape index (κ3) is 68.8. The summed E-state index contributed by atoms with van der Waals surface area (Å²) >= 11 is 0. The van der Waals surface area contributed by atoms with Crippen LogP contribution in [0, 0.1) is 0 Å². The summed E-state index contributed by atoms with van der Waals surface area (Å²) in [5.74, 6) is -0.821. The summed E-state index contributed by atoms with van der Waals surface area (Å²) in [6.07, 6.45) is 85.4. The molecule has 0 aromatic heterocycles. The molecule has 81 heavy (non-hydrogen) atoms. The van der Waals surface area contributed by atoms with Crippen molar-refractivity contribution in [1.82, 2.24) is 0 Å². The van der Waals surface area contributed by atoms with Gasteiger partial charge in [-0.15, -0.1) is 0 Å². The lowest BCUT2D eigenvalue weighted by molar-refractivity contribution is -0.167. The molecule has 0 aliphatic rings. The monoisotopic (exact) mass is 1140 g/mol. The van der Waals surface area contributed by atoms with Crippen molar-refractivity contribution in [1.29, 1.82) is 0 Å². The highest BCUT2D eigenvalue weighted by molar-refractivity contribution is 5.71. The van der Waals surface area contributed by atoms with Gasteiger partial charge in [0.25, 0.3) is 0 Å². The first-order chi connectivity index (χ1) is 40.0. The Morgan fingerprint density at radius 1 is 0.235 bits per heavy atom. The van der Waals surface area contributed by atoms with Crippen LogP contribution in [-0.4, -0.2) is 37.2 Å². The van der Waals surface area contributed by atoms with Gasteiger partial charge in [-0.1, -0.05) is 380 Å². The second kappa shape index (κ2) is 70.6. The highest BCUT2D eigenvalue weighted by atomic mass is 16.6. The number of carbonyl (C=O) groups excluding carboxylic acids is 3. The molecule has 0 saturated carbocycles. The minimum absolute atomic E-state index is 0.0616. The Morgan fingerprint density at radius 2 is 0.407 bits per heavy atom. The maximum Gasteiger partial charge on any atom is 0.306 e. The van der Waals surface area contributed by atoms with Crippen molar-refractivity contribution in [2.75, 3.05) is 13.2 Å². The molecule has 0 aliphatic heterocycles. The molecule has 0 rings (SSSR count). The number of allylic oxidation sites excluding steroid dienone is 2. The number of hydrogen-bond acceptors (Lipinski definition) is 6. The zero-order chi connectivity index (χ0) is 58.5. The standard InChI is InChI=1S/C75H144O6/c1-4-7-10-13-16-19-22-25-28-31-32-33-34-35-36-37-38-39-40-41-42-45-47-50-53-56-59-62-65-68-74(77)80-71-72(81-75(78)69-66-63-60-57-54-51-48-44-30-27-24-21-18-15-12-9-6-3)70-79-73(76)67-64-61-58-55-52-49-46-43-29-26-23-20-17-14-11-8-5-2/h31-32,72H,4-30,33-71H2,1-3H3/b32-31-. The first kappa shape index (κ1) is 79.2. The van der Waals surface area contributed by atoms with Crippen LogP contribution in [0.2, 0.25) is 0 Å². The Hall–Kier alpha value is -1.85. The van der Waals surface area contributed by atoms with Gasteiger partial charge in [0.1, 0.15) is 13.2 Å². The second-order valence-electron chi connectivity index (χ2n) is 25.6. The normalized spacial score (nSPS) is 12.0. The molecular formula is C75H144O6. The molecule has 0 aromatic carbocycles. The minimum atomic E-state index is -0.765. The van der Waals surface area contributed by atoms with E-state index < -0.39 is 6.10 Å². The molecule has 0 heterocycles. The molecule has 6 nitrogen and oxygen atoms in total. The summed E-state index contributed by atoms with van der Waals surface area (Å²) in [5, 5.41) is 0. The topological polar surface area (TPSA) is 78.9 Å². The fourth-order valence-corrected chi connectivity index (χ4v) is 11.7. The van der Waals surface area contributed by atoms with Crippen molar-refractivity contribution in [3.63, 3.8) is 0 Å². The fraction of sp³-hybridized carbons (Fsp3) is 0.933. The van der Waals surface area contributed by atoms with Crippen LogP contribution >= 0.6 is 0 Å². The molecule has 0 N–H and O–H groups in total. The van der Waals surface area contributed by atoms with Gasteiger partial charge in [0.15, 0.2) is 6.10 Å². The predicted octanol–water partition coefficient (Wildman–Crippen LogP) is 25.6.